The van der Waals surface area contributed by atoms with Crippen molar-refractivity contribution in [2.24, 2.45) is 0 Å². The van der Waals surface area contributed by atoms with Gasteiger partial charge in [0.1, 0.15) is 5.82 Å². The molecule has 19 heavy (non-hydrogen) atoms. The third-order valence-electron chi connectivity index (χ3n) is 2.48. The quantitative estimate of drug-likeness (QED) is 0.834. The summed E-state index contributed by atoms with van der Waals surface area (Å²) in [6, 6.07) is 9.21. The first-order valence-electron chi connectivity index (χ1n) is 5.49. The number of carbonyl (C=O) groups excluding carboxylic acids is 1. The largest absolute Gasteiger partial charge is 0.322 e. The van der Waals surface area contributed by atoms with Gasteiger partial charge < -0.3 is 5.32 Å². The van der Waals surface area contributed by atoms with Crippen molar-refractivity contribution in [3.8, 4) is 0 Å². The molecule has 1 N–H and O–H groups in total. The van der Waals surface area contributed by atoms with Crippen molar-refractivity contribution in [2.45, 2.75) is 6.92 Å². The Morgan fingerprint density at radius 2 is 2.00 bits per heavy atom. The standard InChI is InChI=1S/C14H10BrClFNO/c1-8-4-10(17)7-11(5-8)18-14(19)9-2-3-13(16)12(15)6-9/h2-7H,1H3,(H,18,19). The van der Waals surface area contributed by atoms with E-state index in [9.17, 15) is 9.18 Å². The Labute approximate surface area is 123 Å². The van der Waals surface area contributed by atoms with Crippen LogP contribution in [0.2, 0.25) is 5.02 Å². The van der Waals surface area contributed by atoms with Gasteiger partial charge in [0.2, 0.25) is 0 Å². The van der Waals surface area contributed by atoms with Crippen LogP contribution in [0.25, 0.3) is 0 Å². The van der Waals surface area contributed by atoms with Crippen LogP contribution in [0.1, 0.15) is 15.9 Å². The predicted octanol–water partition coefficient (Wildman–Crippen LogP) is 4.80. The fourth-order valence-electron chi connectivity index (χ4n) is 1.65. The van der Waals surface area contributed by atoms with E-state index in [0.29, 0.717) is 20.7 Å². The number of rotatable bonds is 2. The number of amides is 1. The maximum atomic E-state index is 13.2. The highest BCUT2D eigenvalue weighted by Crippen LogP contribution is 2.24. The van der Waals surface area contributed by atoms with Crippen LogP contribution in [0.3, 0.4) is 0 Å². The number of aryl methyl sites for hydroxylation is 1. The third kappa shape index (κ3) is 3.55. The van der Waals surface area contributed by atoms with Crippen LogP contribution < -0.4 is 5.32 Å². The molecule has 2 aromatic carbocycles. The third-order valence-corrected chi connectivity index (χ3v) is 3.70. The van der Waals surface area contributed by atoms with E-state index >= 15 is 0 Å². The zero-order chi connectivity index (χ0) is 14.0. The van der Waals surface area contributed by atoms with Crippen LogP contribution >= 0.6 is 27.5 Å². The normalized spacial score (nSPS) is 10.3. The molecule has 0 aliphatic rings. The number of halogens is 3. The Kier molecular flexibility index (Phi) is 4.22. The molecule has 2 aromatic rings. The lowest BCUT2D eigenvalue weighted by Crippen LogP contribution is -2.12. The Morgan fingerprint density at radius 3 is 2.63 bits per heavy atom. The van der Waals surface area contributed by atoms with Gasteiger partial charge in [-0.15, -0.1) is 0 Å². The lowest BCUT2D eigenvalue weighted by molar-refractivity contribution is 0.102. The second kappa shape index (κ2) is 5.72. The van der Waals surface area contributed by atoms with E-state index in [1.165, 1.54) is 12.1 Å². The van der Waals surface area contributed by atoms with Gasteiger partial charge in [0.05, 0.1) is 5.02 Å². The summed E-state index contributed by atoms with van der Waals surface area (Å²) in [5.41, 5.74) is 1.61. The van der Waals surface area contributed by atoms with Crippen molar-refractivity contribution in [2.75, 3.05) is 5.32 Å². The smallest absolute Gasteiger partial charge is 0.255 e. The maximum absolute atomic E-state index is 13.2. The van der Waals surface area contributed by atoms with Crippen molar-refractivity contribution in [1.82, 2.24) is 0 Å². The van der Waals surface area contributed by atoms with Gasteiger partial charge in [0, 0.05) is 15.7 Å². The summed E-state index contributed by atoms with van der Waals surface area (Å²) in [7, 11) is 0. The van der Waals surface area contributed by atoms with Crippen molar-refractivity contribution in [3.63, 3.8) is 0 Å². The zero-order valence-corrected chi connectivity index (χ0v) is 12.3. The molecule has 1 amide bonds. The molecule has 5 heteroatoms. The van der Waals surface area contributed by atoms with Crippen LogP contribution in [-0.4, -0.2) is 5.91 Å². The van der Waals surface area contributed by atoms with Crippen LogP contribution in [0.15, 0.2) is 40.9 Å². The molecule has 0 bridgehead atoms. The van der Waals surface area contributed by atoms with Crippen LogP contribution in [0, 0.1) is 12.7 Å². The maximum Gasteiger partial charge on any atom is 0.255 e. The van der Waals surface area contributed by atoms with E-state index in [-0.39, 0.29) is 11.7 Å². The van der Waals surface area contributed by atoms with E-state index in [1.54, 1.807) is 31.2 Å². The summed E-state index contributed by atoms with van der Waals surface area (Å²) in [5, 5.41) is 3.17. The van der Waals surface area contributed by atoms with Gasteiger partial charge in [-0.2, -0.15) is 0 Å². The second-order valence-electron chi connectivity index (χ2n) is 4.10. The Morgan fingerprint density at radius 1 is 1.26 bits per heavy atom. The zero-order valence-electron chi connectivity index (χ0n) is 10.0. The molecule has 0 aromatic heterocycles. The first-order chi connectivity index (χ1) is 8.95. The van der Waals surface area contributed by atoms with Crippen LogP contribution in [-0.2, 0) is 0 Å². The number of hydrogen-bond acceptors (Lipinski definition) is 1. The van der Waals surface area contributed by atoms with Gasteiger partial charge in [0.25, 0.3) is 5.91 Å². The average molecular weight is 343 g/mol. The molecule has 0 radical (unpaired) electrons. The Bertz CT molecular complexity index is 625. The summed E-state index contributed by atoms with van der Waals surface area (Å²) in [5.74, 6) is -0.699. The highest BCUT2D eigenvalue weighted by atomic mass is 79.9. The SMILES string of the molecule is Cc1cc(F)cc(NC(=O)c2ccc(Cl)c(Br)c2)c1. The van der Waals surface area contributed by atoms with Gasteiger partial charge in [0.15, 0.2) is 0 Å². The molecule has 0 saturated heterocycles. The topological polar surface area (TPSA) is 29.1 Å². The molecule has 0 aliphatic carbocycles. The first kappa shape index (κ1) is 14.0. The minimum Gasteiger partial charge on any atom is -0.322 e. The predicted molar refractivity (Wildman–Crippen MR) is 78.2 cm³/mol. The fraction of sp³-hybridized carbons (Fsp3) is 0.0714. The summed E-state index contributed by atoms with van der Waals surface area (Å²) in [6.45, 7) is 1.76. The molecule has 0 spiro atoms. The Hall–Kier alpha value is -1.39. The molecule has 0 saturated carbocycles. The molecule has 98 valence electrons. The lowest BCUT2D eigenvalue weighted by atomic mass is 10.2. The summed E-state index contributed by atoms with van der Waals surface area (Å²) < 4.78 is 13.9. The van der Waals surface area contributed by atoms with Crippen LogP contribution in [0.5, 0.6) is 0 Å². The Balaban J connectivity index is 2.22. The molecule has 2 nitrogen and oxygen atoms in total. The molecule has 0 unspecified atom stereocenters. The number of carbonyl (C=O) groups is 1. The minimum atomic E-state index is -0.382. The number of anilines is 1. The number of hydrogen-bond donors (Lipinski definition) is 1. The van der Waals surface area contributed by atoms with Crippen molar-refractivity contribution < 1.29 is 9.18 Å². The van der Waals surface area contributed by atoms with E-state index in [0.717, 1.165) is 5.56 Å². The molecular weight excluding hydrogens is 333 g/mol. The molecule has 0 fully saturated rings. The lowest BCUT2D eigenvalue weighted by Gasteiger charge is -2.07. The van der Waals surface area contributed by atoms with Gasteiger partial charge in [-0.3, -0.25) is 4.79 Å². The number of benzene rings is 2. The monoisotopic (exact) mass is 341 g/mol. The fourth-order valence-corrected chi connectivity index (χ4v) is 2.15. The van der Waals surface area contributed by atoms with Crippen molar-refractivity contribution in [1.29, 1.82) is 0 Å². The van der Waals surface area contributed by atoms with Gasteiger partial charge in [-0.25, -0.2) is 4.39 Å². The summed E-state index contributed by atoms with van der Waals surface area (Å²) in [6.07, 6.45) is 0. The van der Waals surface area contributed by atoms with E-state index in [2.05, 4.69) is 21.2 Å². The van der Waals surface area contributed by atoms with Gasteiger partial charge in [-0.1, -0.05) is 11.6 Å². The first-order valence-corrected chi connectivity index (χ1v) is 6.66. The molecule has 2 rings (SSSR count). The molecule has 0 atom stereocenters. The highest BCUT2D eigenvalue weighted by molar-refractivity contribution is 9.10. The number of nitrogens with one attached hydrogen (secondary N) is 1. The van der Waals surface area contributed by atoms with Gasteiger partial charge in [-0.05, 0) is 64.8 Å². The second-order valence-corrected chi connectivity index (χ2v) is 5.36. The molecule has 0 aliphatic heterocycles. The minimum absolute atomic E-state index is 0.317. The van der Waals surface area contributed by atoms with Crippen molar-refractivity contribution >= 4 is 39.1 Å². The van der Waals surface area contributed by atoms with E-state index in [4.69, 9.17) is 11.6 Å². The van der Waals surface area contributed by atoms with E-state index in [1.807, 2.05) is 0 Å². The summed E-state index contributed by atoms with van der Waals surface area (Å²) >= 11 is 9.11. The highest BCUT2D eigenvalue weighted by Gasteiger charge is 2.09. The molecular formula is C14H10BrClFNO. The van der Waals surface area contributed by atoms with Crippen LogP contribution in [0.4, 0.5) is 10.1 Å². The van der Waals surface area contributed by atoms with Gasteiger partial charge >= 0.3 is 0 Å². The average Bonchev–Trinajstić information content (AvgIpc) is 2.31. The van der Waals surface area contributed by atoms with E-state index < -0.39 is 0 Å². The van der Waals surface area contributed by atoms with Crippen molar-refractivity contribution in [3.05, 3.63) is 62.8 Å². The summed E-state index contributed by atoms with van der Waals surface area (Å²) in [4.78, 5) is 12.0. The molecule has 0 heterocycles.